The van der Waals surface area contributed by atoms with E-state index in [0.29, 0.717) is 17.0 Å². The molecule has 0 radical (unpaired) electrons. The van der Waals surface area contributed by atoms with Crippen molar-refractivity contribution in [3.63, 3.8) is 0 Å². The number of allylic oxidation sites excluding steroid dienone is 1. The Morgan fingerprint density at radius 2 is 1.94 bits per heavy atom. The Morgan fingerprint density at radius 3 is 2.72 bits per heavy atom. The number of pyridine rings is 1. The standard InChI is InChI=1S/C27H27N5O4/c1-31-12-15(24-21(8-9-28-26(24)31)32-13-18-5-6-19(14-32)35-18)10-23-25(33)20-11-17(4-7-22(20)36-23)30-27(34)29-16-2-3-16/h4,7-12,16,18-19H,2-3,5-6,13-14H2,1H3,(H2,29,30,34). The van der Waals surface area contributed by atoms with Crippen LogP contribution in [0.15, 0.2) is 42.4 Å². The van der Waals surface area contributed by atoms with Crippen molar-refractivity contribution in [3.05, 3.63) is 53.5 Å². The first-order valence-corrected chi connectivity index (χ1v) is 12.5. The first kappa shape index (κ1) is 21.4. The van der Waals surface area contributed by atoms with Crippen LogP contribution in [0.25, 0.3) is 17.1 Å². The quantitative estimate of drug-likeness (QED) is 0.545. The molecule has 7 rings (SSSR count). The van der Waals surface area contributed by atoms with Gasteiger partial charge >= 0.3 is 6.03 Å². The van der Waals surface area contributed by atoms with Crippen molar-refractivity contribution < 1.29 is 19.1 Å². The van der Waals surface area contributed by atoms with Gasteiger partial charge in [-0.25, -0.2) is 9.78 Å². The van der Waals surface area contributed by atoms with E-state index in [-0.39, 0.29) is 35.8 Å². The summed E-state index contributed by atoms with van der Waals surface area (Å²) in [6.07, 6.45) is 10.4. The summed E-state index contributed by atoms with van der Waals surface area (Å²) in [6, 6.07) is 7.18. The van der Waals surface area contributed by atoms with Crippen molar-refractivity contribution in [2.75, 3.05) is 23.3 Å². The Labute approximate surface area is 208 Å². The third kappa shape index (κ3) is 3.71. The number of benzene rings is 1. The highest BCUT2D eigenvalue weighted by molar-refractivity contribution is 6.16. The molecule has 2 bridgehead atoms. The van der Waals surface area contributed by atoms with Crippen molar-refractivity contribution in [1.82, 2.24) is 14.9 Å². The summed E-state index contributed by atoms with van der Waals surface area (Å²) in [5.74, 6) is 0.541. The van der Waals surface area contributed by atoms with Crippen LogP contribution in [0.2, 0.25) is 0 Å². The maximum absolute atomic E-state index is 13.3. The molecule has 1 aliphatic carbocycles. The predicted octanol–water partition coefficient (Wildman–Crippen LogP) is 3.84. The van der Waals surface area contributed by atoms with Crippen LogP contribution < -0.4 is 20.3 Å². The van der Waals surface area contributed by atoms with Gasteiger partial charge in [0.05, 0.1) is 23.5 Å². The van der Waals surface area contributed by atoms with Gasteiger partial charge < -0.3 is 29.6 Å². The summed E-state index contributed by atoms with van der Waals surface area (Å²) in [5, 5.41) is 6.69. The van der Waals surface area contributed by atoms with E-state index in [9.17, 15) is 9.59 Å². The lowest BCUT2D eigenvalue weighted by Gasteiger charge is -2.34. The van der Waals surface area contributed by atoms with Gasteiger partial charge in [0.15, 0.2) is 5.76 Å². The first-order chi connectivity index (χ1) is 17.5. The van der Waals surface area contributed by atoms with Gasteiger partial charge in [0.2, 0.25) is 5.78 Å². The molecular weight excluding hydrogens is 458 g/mol. The van der Waals surface area contributed by atoms with Crippen LogP contribution in [-0.2, 0) is 11.8 Å². The predicted molar refractivity (Wildman–Crippen MR) is 135 cm³/mol. The lowest BCUT2D eigenvalue weighted by molar-refractivity contribution is 0.0306. The number of urea groups is 1. The number of amides is 2. The Kier molecular flexibility index (Phi) is 4.82. The maximum Gasteiger partial charge on any atom is 0.319 e. The normalized spacial score (nSPS) is 23.8. The average molecular weight is 486 g/mol. The van der Waals surface area contributed by atoms with Crippen molar-refractivity contribution in [2.45, 2.75) is 43.9 Å². The minimum atomic E-state index is -0.257. The highest BCUT2D eigenvalue weighted by Crippen LogP contribution is 2.38. The Balaban J connectivity index is 1.20. The maximum atomic E-state index is 13.3. The number of carbonyl (C=O) groups is 2. The number of aromatic nitrogens is 2. The van der Waals surface area contributed by atoms with Gasteiger partial charge in [-0.2, -0.15) is 0 Å². The summed E-state index contributed by atoms with van der Waals surface area (Å²) in [6.45, 7) is 1.71. The molecule has 2 amide bonds. The van der Waals surface area contributed by atoms with Crippen molar-refractivity contribution in [2.24, 2.45) is 7.05 Å². The molecule has 5 heterocycles. The van der Waals surface area contributed by atoms with Gasteiger partial charge in [0.25, 0.3) is 0 Å². The number of morpholine rings is 1. The fourth-order valence-electron chi connectivity index (χ4n) is 5.49. The van der Waals surface area contributed by atoms with Crippen molar-refractivity contribution in [3.8, 4) is 5.75 Å². The molecule has 2 aromatic heterocycles. The second kappa shape index (κ2) is 8.09. The Hall–Kier alpha value is -3.85. The molecular formula is C27H27N5O4. The lowest BCUT2D eigenvalue weighted by Crippen LogP contribution is -2.42. The highest BCUT2D eigenvalue weighted by Gasteiger charge is 2.35. The number of carbonyl (C=O) groups excluding carboxylic acids is 2. The number of fused-ring (bicyclic) bond motifs is 4. The Morgan fingerprint density at radius 1 is 1.14 bits per heavy atom. The minimum absolute atomic E-state index is 0.205. The van der Waals surface area contributed by atoms with Crippen LogP contribution in [0.1, 0.15) is 41.6 Å². The van der Waals surface area contributed by atoms with Crippen LogP contribution in [0.4, 0.5) is 16.2 Å². The van der Waals surface area contributed by atoms with Crippen LogP contribution in [0, 0.1) is 0 Å². The number of anilines is 2. The number of rotatable bonds is 4. The van der Waals surface area contributed by atoms with Crippen LogP contribution >= 0.6 is 0 Å². The van der Waals surface area contributed by atoms with Crippen LogP contribution in [0.5, 0.6) is 5.75 Å². The van der Waals surface area contributed by atoms with E-state index in [0.717, 1.165) is 61.1 Å². The third-order valence-corrected chi connectivity index (χ3v) is 7.37. The number of aryl methyl sites for hydroxylation is 1. The smallest absolute Gasteiger partial charge is 0.319 e. The molecule has 3 aliphatic heterocycles. The monoisotopic (exact) mass is 485 g/mol. The molecule has 3 fully saturated rings. The van der Waals surface area contributed by atoms with Gasteiger partial charge in [-0.1, -0.05) is 0 Å². The van der Waals surface area contributed by atoms with Crippen molar-refractivity contribution in [1.29, 1.82) is 0 Å². The molecule has 184 valence electrons. The molecule has 3 aromatic rings. The molecule has 2 atom stereocenters. The van der Waals surface area contributed by atoms with Gasteiger partial charge in [0.1, 0.15) is 11.4 Å². The fourth-order valence-corrected chi connectivity index (χ4v) is 5.49. The van der Waals surface area contributed by atoms with Crippen LogP contribution in [-0.4, -0.2) is 52.7 Å². The number of hydrogen-bond donors (Lipinski definition) is 2. The SMILES string of the molecule is Cn1cc(C=C2Oc3ccc(NC(=O)NC4CC4)cc3C2=O)c2c(N3CC4CCC(C3)O4)ccnc21. The van der Waals surface area contributed by atoms with Gasteiger partial charge in [-0.05, 0) is 56.0 Å². The largest absolute Gasteiger partial charge is 0.452 e. The molecule has 9 nitrogen and oxygen atoms in total. The van der Waals surface area contributed by atoms with E-state index in [1.165, 1.54) is 0 Å². The molecule has 2 unspecified atom stereocenters. The fraction of sp³-hybridized carbons (Fsp3) is 0.370. The van der Waals surface area contributed by atoms with E-state index in [4.69, 9.17) is 9.47 Å². The van der Waals surface area contributed by atoms with E-state index in [1.54, 1.807) is 24.3 Å². The summed E-state index contributed by atoms with van der Waals surface area (Å²) in [7, 11) is 1.96. The molecule has 9 heteroatoms. The molecule has 2 N–H and O–H groups in total. The van der Waals surface area contributed by atoms with E-state index in [1.807, 2.05) is 30.1 Å². The number of nitrogens with zero attached hydrogens (tertiary/aromatic N) is 3. The zero-order chi connectivity index (χ0) is 24.4. The van der Waals surface area contributed by atoms with Gasteiger partial charge in [-0.15, -0.1) is 0 Å². The average Bonchev–Trinajstić information content (AvgIpc) is 3.44. The molecule has 2 saturated heterocycles. The van der Waals surface area contributed by atoms with Crippen molar-refractivity contribution >= 4 is 40.3 Å². The number of Topliss-reactive ketones (excluding diaryl/α,β-unsaturated/α-hetero) is 1. The number of ether oxygens (including phenoxy) is 2. The second-order valence-electron chi connectivity index (χ2n) is 10.1. The van der Waals surface area contributed by atoms with Crippen LogP contribution in [0.3, 0.4) is 0 Å². The summed E-state index contributed by atoms with van der Waals surface area (Å²) in [4.78, 5) is 32.4. The molecule has 4 aliphatic rings. The summed E-state index contributed by atoms with van der Waals surface area (Å²) < 4.78 is 14.0. The van der Waals surface area contributed by atoms with E-state index in [2.05, 4.69) is 20.5 Å². The van der Waals surface area contributed by atoms with Gasteiger partial charge in [-0.3, -0.25) is 4.79 Å². The first-order valence-electron chi connectivity index (χ1n) is 12.5. The molecule has 1 aromatic carbocycles. The lowest BCUT2D eigenvalue weighted by atomic mass is 10.1. The molecule has 0 spiro atoms. The highest BCUT2D eigenvalue weighted by atomic mass is 16.5. The number of ketones is 1. The molecule has 36 heavy (non-hydrogen) atoms. The summed E-state index contributed by atoms with van der Waals surface area (Å²) >= 11 is 0. The zero-order valence-corrected chi connectivity index (χ0v) is 20.0. The Bertz CT molecular complexity index is 1430. The molecule has 1 saturated carbocycles. The topological polar surface area (TPSA) is 97.7 Å². The zero-order valence-electron chi connectivity index (χ0n) is 20.0. The third-order valence-electron chi connectivity index (χ3n) is 7.37. The van der Waals surface area contributed by atoms with E-state index < -0.39 is 0 Å². The second-order valence-corrected chi connectivity index (χ2v) is 10.1. The number of hydrogen-bond acceptors (Lipinski definition) is 6. The minimum Gasteiger partial charge on any atom is -0.452 e. The van der Waals surface area contributed by atoms with Gasteiger partial charge in [0, 0.05) is 55.2 Å². The number of nitrogens with one attached hydrogen (secondary N) is 2. The summed E-state index contributed by atoms with van der Waals surface area (Å²) in [5.41, 5.74) is 3.84. The van der Waals surface area contributed by atoms with E-state index >= 15 is 0 Å².